The Labute approximate surface area is 272 Å². The first kappa shape index (κ1) is 30.2. The molecular weight excluding hydrogens is 600 g/mol. The number of aromatic nitrogens is 3. The Morgan fingerprint density at radius 2 is 1.63 bits per heavy atom. The van der Waals surface area contributed by atoms with Crippen molar-refractivity contribution in [2.75, 3.05) is 76.0 Å². The molecule has 0 radical (unpaired) electrons. The molecule has 46 heavy (non-hydrogen) atoms. The molecule has 2 aromatic heterocycles. The number of nitrogens with one attached hydrogen (secondary N) is 1. The number of fused-ring (bicyclic) bond motifs is 1. The lowest BCUT2D eigenvalue weighted by atomic mass is 10.2. The summed E-state index contributed by atoms with van der Waals surface area (Å²) in [6, 6.07) is 27.6. The third-order valence-electron chi connectivity index (χ3n) is 8.06. The number of ether oxygens (including phenoxy) is 3. The fourth-order valence-electron chi connectivity index (χ4n) is 5.61. The van der Waals surface area contributed by atoms with Gasteiger partial charge in [-0.2, -0.15) is 0 Å². The van der Waals surface area contributed by atoms with Crippen LogP contribution in [0.2, 0.25) is 0 Å². The molecule has 3 aromatic carbocycles. The van der Waals surface area contributed by atoms with Crippen LogP contribution in [0.25, 0.3) is 17.0 Å². The minimum Gasteiger partial charge on any atom is -0.492 e. The Bertz CT molecular complexity index is 1800. The van der Waals surface area contributed by atoms with Gasteiger partial charge in [-0.3, -0.25) is 14.1 Å². The Balaban J connectivity index is 1.02. The largest absolute Gasteiger partial charge is 0.492 e. The Morgan fingerprint density at radius 1 is 0.826 bits per heavy atom. The van der Waals surface area contributed by atoms with Gasteiger partial charge in [0.2, 0.25) is 0 Å². The van der Waals surface area contributed by atoms with Gasteiger partial charge in [0.1, 0.15) is 12.4 Å². The fourth-order valence-corrected chi connectivity index (χ4v) is 6.51. The molecule has 2 aliphatic rings. The second-order valence-electron chi connectivity index (χ2n) is 11.2. The number of rotatable bonds is 10. The predicted octanol–water partition coefficient (Wildman–Crippen LogP) is 5.35. The summed E-state index contributed by atoms with van der Waals surface area (Å²) in [5.41, 5.74) is 4.12. The average Bonchev–Trinajstić information content (AvgIpc) is 3.53. The summed E-state index contributed by atoms with van der Waals surface area (Å²) in [5.74, 6) is 1.39. The van der Waals surface area contributed by atoms with Crippen LogP contribution < -0.4 is 15.0 Å². The minimum atomic E-state index is -0.148. The Kier molecular flexibility index (Phi) is 9.43. The highest BCUT2D eigenvalue weighted by atomic mass is 32.2. The molecule has 0 spiro atoms. The number of benzene rings is 3. The van der Waals surface area contributed by atoms with Crippen molar-refractivity contribution in [2.24, 2.45) is 0 Å². The van der Waals surface area contributed by atoms with Gasteiger partial charge in [-0.1, -0.05) is 36.0 Å². The molecule has 0 unspecified atom stereocenters. The van der Waals surface area contributed by atoms with E-state index in [4.69, 9.17) is 14.2 Å². The van der Waals surface area contributed by atoms with Gasteiger partial charge in [0.25, 0.3) is 5.91 Å². The second kappa shape index (κ2) is 14.3. The highest BCUT2D eigenvalue weighted by molar-refractivity contribution is 7.99. The molecule has 0 bridgehead atoms. The molecule has 0 aliphatic carbocycles. The lowest BCUT2D eigenvalue weighted by Crippen LogP contribution is -2.38. The first-order chi connectivity index (χ1) is 22.7. The van der Waals surface area contributed by atoms with Gasteiger partial charge in [-0.15, -0.1) is 10.2 Å². The summed E-state index contributed by atoms with van der Waals surface area (Å²) in [4.78, 5) is 19.8. The lowest BCUT2D eigenvalue weighted by Gasteiger charge is -2.29. The number of morpholine rings is 2. The van der Waals surface area contributed by atoms with Crippen LogP contribution in [0.1, 0.15) is 10.4 Å². The van der Waals surface area contributed by atoms with E-state index < -0.39 is 0 Å². The summed E-state index contributed by atoms with van der Waals surface area (Å²) in [6.07, 6.45) is 2.03. The van der Waals surface area contributed by atoms with Gasteiger partial charge in [-0.05, 0) is 60.7 Å². The molecule has 236 valence electrons. The molecule has 2 aliphatic heterocycles. The molecule has 10 nitrogen and oxygen atoms in total. The van der Waals surface area contributed by atoms with Crippen LogP contribution in [-0.2, 0) is 9.47 Å². The van der Waals surface area contributed by atoms with Gasteiger partial charge < -0.3 is 24.4 Å². The quantitative estimate of drug-likeness (QED) is 0.218. The number of hydrogen-bond acceptors (Lipinski definition) is 9. The maximum Gasteiger partial charge on any atom is 0.255 e. The van der Waals surface area contributed by atoms with Crippen LogP contribution in [0, 0.1) is 0 Å². The van der Waals surface area contributed by atoms with Crippen molar-refractivity contribution in [1.29, 1.82) is 0 Å². The Hall–Kier alpha value is -4.42. The molecule has 1 amide bonds. The molecule has 0 atom stereocenters. The predicted molar refractivity (Wildman–Crippen MR) is 179 cm³/mol. The van der Waals surface area contributed by atoms with Crippen LogP contribution in [0.15, 0.2) is 101 Å². The van der Waals surface area contributed by atoms with E-state index in [2.05, 4.69) is 31.4 Å². The van der Waals surface area contributed by atoms with Crippen molar-refractivity contribution in [1.82, 2.24) is 19.5 Å². The van der Waals surface area contributed by atoms with Crippen LogP contribution >= 0.6 is 11.8 Å². The van der Waals surface area contributed by atoms with Crippen molar-refractivity contribution in [3.63, 3.8) is 0 Å². The molecule has 11 heteroatoms. The van der Waals surface area contributed by atoms with E-state index in [1.165, 1.54) is 0 Å². The molecule has 7 rings (SSSR count). The average molecular weight is 637 g/mol. The number of pyridine rings is 1. The number of nitrogens with zero attached hydrogens (tertiary/aromatic N) is 5. The molecular formula is C35H36N6O4S. The zero-order chi connectivity index (χ0) is 31.1. The maximum absolute atomic E-state index is 13.2. The third-order valence-corrected chi connectivity index (χ3v) is 9.03. The van der Waals surface area contributed by atoms with E-state index in [0.717, 1.165) is 89.9 Å². The van der Waals surface area contributed by atoms with Crippen molar-refractivity contribution >= 4 is 34.7 Å². The topological polar surface area (TPSA) is 93.5 Å². The van der Waals surface area contributed by atoms with Crippen molar-refractivity contribution < 1.29 is 19.0 Å². The smallest absolute Gasteiger partial charge is 0.255 e. The van der Waals surface area contributed by atoms with E-state index in [1.54, 1.807) is 11.8 Å². The Morgan fingerprint density at radius 3 is 2.50 bits per heavy atom. The fraction of sp³-hybridized carbons (Fsp3) is 0.286. The number of carbonyl (C=O) groups excluding carboxylic acids is 1. The number of anilines is 2. The van der Waals surface area contributed by atoms with Gasteiger partial charge >= 0.3 is 0 Å². The van der Waals surface area contributed by atoms with Crippen molar-refractivity contribution in [3.8, 4) is 17.1 Å². The summed E-state index contributed by atoms with van der Waals surface area (Å²) >= 11 is 1.58. The van der Waals surface area contributed by atoms with Crippen LogP contribution in [0.5, 0.6) is 5.75 Å². The first-order valence-electron chi connectivity index (χ1n) is 15.6. The summed E-state index contributed by atoms with van der Waals surface area (Å²) in [5, 5.41) is 11.9. The van der Waals surface area contributed by atoms with Crippen molar-refractivity contribution in [3.05, 3.63) is 96.7 Å². The number of amides is 1. The third kappa shape index (κ3) is 7.34. The summed E-state index contributed by atoms with van der Waals surface area (Å²) < 4.78 is 19.0. The molecule has 4 heterocycles. The van der Waals surface area contributed by atoms with E-state index in [0.29, 0.717) is 25.4 Å². The van der Waals surface area contributed by atoms with Gasteiger partial charge in [-0.25, -0.2) is 0 Å². The highest BCUT2D eigenvalue weighted by Crippen LogP contribution is 2.31. The second-order valence-corrected chi connectivity index (χ2v) is 12.3. The molecule has 5 aromatic rings. The first-order valence-corrected chi connectivity index (χ1v) is 16.4. The van der Waals surface area contributed by atoms with Crippen LogP contribution in [0.4, 0.5) is 11.4 Å². The standard InChI is InChI=1S/C35H36N6O4S/c42-35(36-28-6-3-7-29(24-28)40-15-19-44-20-16-40)27-5-2-9-31(23-27)46-32-10-11-33-37-38-34(41(33)25-32)26-4-1-8-30(22-26)45-21-14-39-12-17-43-18-13-39/h1-11,22-25H,12-21H2,(H,36,42). The van der Waals surface area contributed by atoms with Crippen molar-refractivity contribution in [2.45, 2.75) is 9.79 Å². The summed E-state index contributed by atoms with van der Waals surface area (Å²) in [6.45, 7) is 8.04. The summed E-state index contributed by atoms with van der Waals surface area (Å²) in [7, 11) is 0. The minimum absolute atomic E-state index is 0.148. The van der Waals surface area contributed by atoms with E-state index in [1.807, 2.05) is 89.5 Å². The SMILES string of the molecule is O=C(Nc1cccc(N2CCOCC2)c1)c1cccc(Sc2ccc3nnc(-c4cccc(OCCN5CCOCC5)c4)n3c2)c1. The molecule has 2 saturated heterocycles. The van der Waals surface area contributed by atoms with E-state index in [9.17, 15) is 4.79 Å². The molecule has 1 N–H and O–H groups in total. The highest BCUT2D eigenvalue weighted by Gasteiger charge is 2.15. The van der Waals surface area contributed by atoms with Gasteiger partial charge in [0, 0.05) is 71.2 Å². The monoisotopic (exact) mass is 636 g/mol. The lowest BCUT2D eigenvalue weighted by molar-refractivity contribution is 0.0322. The van der Waals surface area contributed by atoms with E-state index in [-0.39, 0.29) is 5.91 Å². The van der Waals surface area contributed by atoms with Crippen LogP contribution in [0.3, 0.4) is 0 Å². The number of hydrogen-bond donors (Lipinski definition) is 1. The van der Waals surface area contributed by atoms with E-state index >= 15 is 0 Å². The van der Waals surface area contributed by atoms with Gasteiger partial charge in [0.15, 0.2) is 11.5 Å². The normalized spacial score (nSPS) is 15.6. The molecule has 0 saturated carbocycles. The zero-order valence-electron chi connectivity index (χ0n) is 25.5. The zero-order valence-corrected chi connectivity index (χ0v) is 26.3. The van der Waals surface area contributed by atoms with Crippen LogP contribution in [-0.4, -0.2) is 91.2 Å². The molecule has 2 fully saturated rings. The number of carbonyl (C=O) groups is 1. The van der Waals surface area contributed by atoms with Gasteiger partial charge in [0.05, 0.1) is 26.4 Å². The maximum atomic E-state index is 13.2.